The molecule has 0 aromatic heterocycles. The molecule has 0 aliphatic carbocycles. The van der Waals surface area contributed by atoms with Crippen molar-refractivity contribution in [3.63, 3.8) is 0 Å². The number of hydroxylamine groups is 1. The molecule has 0 saturated heterocycles. The van der Waals surface area contributed by atoms with Crippen LogP contribution in [0.1, 0.15) is 5.56 Å². The molecule has 0 spiro atoms. The van der Waals surface area contributed by atoms with Gasteiger partial charge in [-0.1, -0.05) is 30.3 Å². The van der Waals surface area contributed by atoms with Crippen molar-refractivity contribution in [3.05, 3.63) is 35.9 Å². The third-order valence-electron chi connectivity index (χ3n) is 1.78. The van der Waals surface area contributed by atoms with E-state index in [0.717, 1.165) is 5.56 Å². The molecule has 1 atom stereocenters. The number of amides is 1. The van der Waals surface area contributed by atoms with Crippen LogP contribution in [0, 0.1) is 0 Å². The summed E-state index contributed by atoms with van der Waals surface area (Å²) in [6.07, 6.45) is 0.396. The SMILES string of the molecule is NC(=O)[C@H](Cc1ccccc1)NO.O. The Kier molecular flexibility index (Phi) is 5.47. The molecule has 6 N–H and O–H groups in total. The zero-order chi connectivity index (χ0) is 9.68. The third-order valence-corrected chi connectivity index (χ3v) is 1.78. The maximum atomic E-state index is 10.7. The van der Waals surface area contributed by atoms with E-state index in [2.05, 4.69) is 0 Å². The number of nitrogens with two attached hydrogens (primary N) is 1. The summed E-state index contributed by atoms with van der Waals surface area (Å²) in [5.41, 5.74) is 7.86. The summed E-state index contributed by atoms with van der Waals surface area (Å²) < 4.78 is 0. The van der Waals surface area contributed by atoms with Crippen LogP contribution in [-0.2, 0) is 11.2 Å². The molecule has 1 rings (SSSR count). The average molecular weight is 198 g/mol. The van der Waals surface area contributed by atoms with E-state index in [1.807, 2.05) is 35.8 Å². The first-order chi connectivity index (χ1) is 6.24. The number of hydrogen-bond acceptors (Lipinski definition) is 3. The van der Waals surface area contributed by atoms with Gasteiger partial charge < -0.3 is 16.4 Å². The van der Waals surface area contributed by atoms with Gasteiger partial charge in [-0.05, 0) is 12.0 Å². The van der Waals surface area contributed by atoms with E-state index < -0.39 is 11.9 Å². The zero-order valence-corrected chi connectivity index (χ0v) is 7.60. The number of primary amides is 1. The van der Waals surface area contributed by atoms with Crippen molar-refractivity contribution in [2.45, 2.75) is 12.5 Å². The molecule has 1 amide bonds. The number of carbonyl (C=O) groups excluding carboxylic acids is 1. The third kappa shape index (κ3) is 3.53. The van der Waals surface area contributed by atoms with Gasteiger partial charge in [0.05, 0.1) is 0 Å². The lowest BCUT2D eigenvalue weighted by Gasteiger charge is -2.10. The molecule has 0 fully saturated rings. The van der Waals surface area contributed by atoms with Gasteiger partial charge in [0.2, 0.25) is 5.91 Å². The zero-order valence-electron chi connectivity index (χ0n) is 7.60. The van der Waals surface area contributed by atoms with Crippen LogP contribution in [0.5, 0.6) is 0 Å². The van der Waals surface area contributed by atoms with Crippen molar-refractivity contribution in [2.75, 3.05) is 0 Å². The van der Waals surface area contributed by atoms with E-state index in [0.29, 0.717) is 6.42 Å². The summed E-state index contributed by atoms with van der Waals surface area (Å²) in [7, 11) is 0. The predicted octanol–water partition coefficient (Wildman–Crippen LogP) is -0.763. The van der Waals surface area contributed by atoms with E-state index in [4.69, 9.17) is 10.9 Å². The Morgan fingerprint density at radius 1 is 1.43 bits per heavy atom. The monoisotopic (exact) mass is 198 g/mol. The molecule has 1 aromatic carbocycles. The minimum atomic E-state index is -0.720. The van der Waals surface area contributed by atoms with Crippen molar-refractivity contribution in [1.29, 1.82) is 0 Å². The lowest BCUT2D eigenvalue weighted by molar-refractivity contribution is -0.122. The summed E-state index contributed by atoms with van der Waals surface area (Å²) in [6, 6.07) is 8.63. The van der Waals surface area contributed by atoms with Crippen LogP contribution in [0.25, 0.3) is 0 Å². The molecule has 0 radical (unpaired) electrons. The normalized spacial score (nSPS) is 11.5. The van der Waals surface area contributed by atoms with E-state index in [1.54, 1.807) is 0 Å². The molecular formula is C9H14N2O3. The molecule has 5 nitrogen and oxygen atoms in total. The van der Waals surface area contributed by atoms with Gasteiger partial charge in [-0.15, -0.1) is 0 Å². The molecule has 0 heterocycles. The maximum Gasteiger partial charge on any atom is 0.237 e. The van der Waals surface area contributed by atoms with E-state index >= 15 is 0 Å². The van der Waals surface area contributed by atoms with Crippen LogP contribution in [0.2, 0.25) is 0 Å². The van der Waals surface area contributed by atoms with E-state index in [1.165, 1.54) is 0 Å². The Balaban J connectivity index is 0.00000169. The van der Waals surface area contributed by atoms with Crippen molar-refractivity contribution in [1.82, 2.24) is 5.48 Å². The standard InChI is InChI=1S/C9H12N2O2.H2O/c10-9(12)8(11-13)6-7-4-2-1-3-5-7;/h1-5,8,11,13H,6H2,(H2,10,12);1H2/t8-;/m0./s1. The summed E-state index contributed by atoms with van der Waals surface area (Å²) >= 11 is 0. The van der Waals surface area contributed by atoms with Gasteiger partial charge in [-0.3, -0.25) is 4.79 Å². The van der Waals surface area contributed by atoms with Gasteiger partial charge in [0.25, 0.3) is 0 Å². The van der Waals surface area contributed by atoms with Gasteiger partial charge in [0.15, 0.2) is 0 Å². The first kappa shape index (κ1) is 12.6. The fourth-order valence-electron chi connectivity index (χ4n) is 1.06. The minimum Gasteiger partial charge on any atom is -0.412 e. The quantitative estimate of drug-likeness (QED) is 0.553. The van der Waals surface area contributed by atoms with E-state index in [-0.39, 0.29) is 5.48 Å². The highest BCUT2D eigenvalue weighted by atomic mass is 16.5. The molecule has 78 valence electrons. The average Bonchev–Trinajstić information content (AvgIpc) is 2.15. The highest BCUT2D eigenvalue weighted by Crippen LogP contribution is 2.02. The Bertz CT molecular complexity index is 277. The fraction of sp³-hybridized carbons (Fsp3) is 0.222. The number of hydrogen-bond donors (Lipinski definition) is 3. The lowest BCUT2D eigenvalue weighted by Crippen LogP contribution is -2.41. The number of benzene rings is 1. The summed E-state index contributed by atoms with van der Waals surface area (Å²) in [6.45, 7) is 0. The van der Waals surface area contributed by atoms with Crippen LogP contribution in [-0.4, -0.2) is 22.6 Å². The van der Waals surface area contributed by atoms with Crippen LogP contribution in [0.15, 0.2) is 30.3 Å². The largest absolute Gasteiger partial charge is 0.412 e. The van der Waals surface area contributed by atoms with Gasteiger partial charge in [-0.2, -0.15) is 5.48 Å². The van der Waals surface area contributed by atoms with Gasteiger partial charge in [0.1, 0.15) is 6.04 Å². The predicted molar refractivity (Wildman–Crippen MR) is 51.7 cm³/mol. The lowest BCUT2D eigenvalue weighted by atomic mass is 10.1. The molecule has 0 unspecified atom stereocenters. The molecule has 1 aromatic rings. The van der Waals surface area contributed by atoms with Crippen molar-refractivity contribution in [3.8, 4) is 0 Å². The summed E-state index contributed by atoms with van der Waals surface area (Å²) in [4.78, 5) is 10.7. The molecule has 5 heteroatoms. The molecule has 14 heavy (non-hydrogen) atoms. The first-order valence-corrected chi connectivity index (χ1v) is 3.97. The molecule has 0 bridgehead atoms. The first-order valence-electron chi connectivity index (χ1n) is 3.97. The number of nitrogens with one attached hydrogen (secondary N) is 1. The summed E-state index contributed by atoms with van der Waals surface area (Å²) in [5.74, 6) is -0.564. The highest BCUT2D eigenvalue weighted by molar-refractivity contribution is 5.79. The maximum absolute atomic E-state index is 10.7. The Morgan fingerprint density at radius 2 is 2.00 bits per heavy atom. The van der Waals surface area contributed by atoms with Crippen LogP contribution in [0.4, 0.5) is 0 Å². The second-order valence-electron chi connectivity index (χ2n) is 2.77. The van der Waals surface area contributed by atoms with Crippen LogP contribution >= 0.6 is 0 Å². The van der Waals surface area contributed by atoms with Crippen LogP contribution < -0.4 is 11.2 Å². The van der Waals surface area contributed by atoms with Gasteiger partial charge >= 0.3 is 0 Å². The highest BCUT2D eigenvalue weighted by Gasteiger charge is 2.13. The smallest absolute Gasteiger partial charge is 0.237 e. The fourth-order valence-corrected chi connectivity index (χ4v) is 1.06. The number of rotatable bonds is 4. The van der Waals surface area contributed by atoms with Crippen LogP contribution in [0.3, 0.4) is 0 Å². The molecular weight excluding hydrogens is 184 g/mol. The Hall–Kier alpha value is -1.43. The van der Waals surface area contributed by atoms with Gasteiger partial charge in [0, 0.05) is 0 Å². The van der Waals surface area contributed by atoms with Gasteiger partial charge in [-0.25, -0.2) is 0 Å². The minimum absolute atomic E-state index is 0. The summed E-state index contributed by atoms with van der Waals surface area (Å²) in [5, 5.41) is 8.61. The van der Waals surface area contributed by atoms with Crippen molar-refractivity contribution in [2.24, 2.45) is 5.73 Å². The molecule has 0 saturated carbocycles. The second kappa shape index (κ2) is 6.09. The number of carbonyl (C=O) groups is 1. The van der Waals surface area contributed by atoms with Crippen molar-refractivity contribution >= 4 is 5.91 Å². The van der Waals surface area contributed by atoms with Crippen molar-refractivity contribution < 1.29 is 15.5 Å². The Labute approximate surface area is 81.8 Å². The van der Waals surface area contributed by atoms with E-state index in [9.17, 15) is 4.79 Å². The second-order valence-corrected chi connectivity index (χ2v) is 2.77. The topological polar surface area (TPSA) is 107 Å². The molecule has 0 aliphatic rings. The molecule has 0 aliphatic heterocycles. The Morgan fingerprint density at radius 3 is 2.43 bits per heavy atom.